The summed E-state index contributed by atoms with van der Waals surface area (Å²) >= 11 is 0. The van der Waals surface area contributed by atoms with E-state index in [1.165, 1.54) is 18.4 Å². The molecule has 0 aliphatic carbocycles. The monoisotopic (exact) mass is 318 g/mol. The van der Waals surface area contributed by atoms with Crippen molar-refractivity contribution in [3.63, 3.8) is 0 Å². The van der Waals surface area contributed by atoms with Gasteiger partial charge in [-0.25, -0.2) is 0 Å². The minimum Gasteiger partial charge on any atom is -0.341 e. The van der Waals surface area contributed by atoms with Gasteiger partial charge in [-0.1, -0.05) is 6.92 Å². The number of amides is 1. The SMILES string of the molecule is Cc1cnn(C2CCCN(C(=O)CC(C)C3CCNCC3)C2)c1. The van der Waals surface area contributed by atoms with Gasteiger partial charge >= 0.3 is 0 Å². The molecule has 0 bridgehead atoms. The average molecular weight is 318 g/mol. The second-order valence-electron chi connectivity index (χ2n) is 7.40. The smallest absolute Gasteiger partial charge is 0.222 e. The molecule has 1 amide bonds. The van der Waals surface area contributed by atoms with Gasteiger partial charge < -0.3 is 10.2 Å². The summed E-state index contributed by atoms with van der Waals surface area (Å²) in [5.74, 6) is 1.54. The van der Waals surface area contributed by atoms with Crippen LogP contribution >= 0.6 is 0 Å². The van der Waals surface area contributed by atoms with E-state index < -0.39 is 0 Å². The Hall–Kier alpha value is -1.36. The molecule has 3 rings (SSSR count). The van der Waals surface area contributed by atoms with Crippen molar-refractivity contribution in [2.45, 2.75) is 52.0 Å². The molecule has 5 heteroatoms. The highest BCUT2D eigenvalue weighted by Gasteiger charge is 2.28. The van der Waals surface area contributed by atoms with Gasteiger partial charge in [0.15, 0.2) is 0 Å². The Kier molecular flexibility index (Phi) is 5.36. The van der Waals surface area contributed by atoms with Crippen LogP contribution in [-0.2, 0) is 4.79 Å². The van der Waals surface area contributed by atoms with E-state index in [9.17, 15) is 4.79 Å². The van der Waals surface area contributed by atoms with Crippen LogP contribution in [0.3, 0.4) is 0 Å². The normalized spacial score (nSPS) is 24.6. The van der Waals surface area contributed by atoms with Crippen molar-refractivity contribution in [1.82, 2.24) is 20.0 Å². The number of hydrogen-bond acceptors (Lipinski definition) is 3. The third kappa shape index (κ3) is 4.14. The molecule has 2 aliphatic rings. The van der Waals surface area contributed by atoms with Crippen molar-refractivity contribution in [2.75, 3.05) is 26.2 Å². The summed E-state index contributed by atoms with van der Waals surface area (Å²) < 4.78 is 2.05. The van der Waals surface area contributed by atoms with Crippen molar-refractivity contribution in [3.05, 3.63) is 18.0 Å². The molecule has 23 heavy (non-hydrogen) atoms. The van der Waals surface area contributed by atoms with Gasteiger partial charge in [0, 0.05) is 25.7 Å². The van der Waals surface area contributed by atoms with Gasteiger partial charge in [-0.3, -0.25) is 9.48 Å². The molecule has 1 N–H and O–H groups in total. The molecule has 2 saturated heterocycles. The van der Waals surface area contributed by atoms with Gasteiger partial charge in [0.05, 0.1) is 12.2 Å². The fourth-order valence-electron chi connectivity index (χ4n) is 4.01. The zero-order valence-corrected chi connectivity index (χ0v) is 14.5. The zero-order valence-electron chi connectivity index (χ0n) is 14.5. The Morgan fingerprint density at radius 1 is 1.39 bits per heavy atom. The number of likely N-dealkylation sites (tertiary alicyclic amines) is 1. The van der Waals surface area contributed by atoms with Crippen LogP contribution in [0.1, 0.15) is 50.6 Å². The number of aryl methyl sites for hydroxylation is 1. The molecule has 2 unspecified atom stereocenters. The number of nitrogens with one attached hydrogen (secondary N) is 1. The number of aromatic nitrogens is 2. The molecular weight excluding hydrogens is 288 g/mol. The van der Waals surface area contributed by atoms with Gasteiger partial charge in [-0.15, -0.1) is 0 Å². The van der Waals surface area contributed by atoms with Crippen LogP contribution in [0.5, 0.6) is 0 Å². The fraction of sp³-hybridized carbons (Fsp3) is 0.778. The van der Waals surface area contributed by atoms with Crippen molar-refractivity contribution in [2.24, 2.45) is 11.8 Å². The molecule has 2 fully saturated rings. The van der Waals surface area contributed by atoms with Crippen LogP contribution in [0.2, 0.25) is 0 Å². The van der Waals surface area contributed by atoms with Crippen molar-refractivity contribution < 1.29 is 4.79 Å². The molecule has 0 aromatic carbocycles. The minimum absolute atomic E-state index is 0.338. The molecule has 2 atom stereocenters. The largest absolute Gasteiger partial charge is 0.341 e. The second kappa shape index (κ2) is 7.47. The van der Waals surface area contributed by atoms with Gasteiger partial charge in [0.1, 0.15) is 0 Å². The Morgan fingerprint density at radius 3 is 2.87 bits per heavy atom. The molecule has 1 aromatic rings. The summed E-state index contributed by atoms with van der Waals surface area (Å²) in [5.41, 5.74) is 1.19. The summed E-state index contributed by atoms with van der Waals surface area (Å²) in [6, 6.07) is 0.343. The second-order valence-corrected chi connectivity index (χ2v) is 7.40. The highest BCUT2D eigenvalue weighted by Crippen LogP contribution is 2.27. The first-order valence-electron chi connectivity index (χ1n) is 9.12. The first-order chi connectivity index (χ1) is 11.1. The van der Waals surface area contributed by atoms with E-state index in [2.05, 4.69) is 35.4 Å². The quantitative estimate of drug-likeness (QED) is 0.927. The standard InChI is InChI=1S/C18H30N4O/c1-14-11-20-22(12-14)17-4-3-9-21(13-17)18(23)10-15(2)16-5-7-19-8-6-16/h11-12,15-17,19H,3-10,13H2,1-2H3. The molecule has 0 radical (unpaired) electrons. The maximum atomic E-state index is 12.7. The maximum Gasteiger partial charge on any atom is 0.222 e. The van der Waals surface area contributed by atoms with E-state index in [4.69, 9.17) is 0 Å². The van der Waals surface area contributed by atoms with E-state index in [1.54, 1.807) is 0 Å². The van der Waals surface area contributed by atoms with Crippen molar-refractivity contribution >= 4 is 5.91 Å². The van der Waals surface area contributed by atoms with E-state index in [0.29, 0.717) is 30.2 Å². The van der Waals surface area contributed by atoms with Gasteiger partial charge in [0.2, 0.25) is 5.91 Å². The summed E-state index contributed by atoms with van der Waals surface area (Å²) in [4.78, 5) is 14.8. The molecule has 0 saturated carbocycles. The average Bonchev–Trinajstić information content (AvgIpc) is 3.02. The van der Waals surface area contributed by atoms with Crippen LogP contribution in [0, 0.1) is 18.8 Å². The summed E-state index contributed by atoms with van der Waals surface area (Å²) in [5, 5.41) is 7.85. The number of rotatable bonds is 4. The van der Waals surface area contributed by atoms with Crippen LogP contribution in [0.25, 0.3) is 0 Å². The first kappa shape index (κ1) is 16.5. The van der Waals surface area contributed by atoms with Gasteiger partial charge in [0.25, 0.3) is 0 Å². The predicted molar refractivity (Wildman–Crippen MR) is 91.2 cm³/mol. The molecule has 0 spiro atoms. The number of carbonyl (C=O) groups excluding carboxylic acids is 1. The van der Waals surface area contributed by atoms with E-state index in [1.807, 2.05) is 10.9 Å². The third-order valence-electron chi connectivity index (χ3n) is 5.54. The number of piperidine rings is 2. The molecule has 2 aliphatic heterocycles. The molecule has 5 nitrogen and oxygen atoms in total. The van der Waals surface area contributed by atoms with Gasteiger partial charge in [-0.2, -0.15) is 5.10 Å². The Morgan fingerprint density at radius 2 is 2.17 bits per heavy atom. The van der Waals surface area contributed by atoms with Crippen LogP contribution in [0.4, 0.5) is 0 Å². The molecule has 1 aromatic heterocycles. The fourth-order valence-corrected chi connectivity index (χ4v) is 4.01. The van der Waals surface area contributed by atoms with Crippen molar-refractivity contribution in [3.8, 4) is 0 Å². The summed E-state index contributed by atoms with van der Waals surface area (Å²) in [6.07, 6.45) is 9.32. The van der Waals surface area contributed by atoms with E-state index in [0.717, 1.165) is 39.0 Å². The van der Waals surface area contributed by atoms with Crippen LogP contribution < -0.4 is 5.32 Å². The Labute approximate surface area is 139 Å². The molecular formula is C18H30N4O. The maximum absolute atomic E-state index is 12.7. The summed E-state index contributed by atoms with van der Waals surface area (Å²) in [7, 11) is 0. The minimum atomic E-state index is 0.338. The predicted octanol–water partition coefficient (Wildman–Crippen LogP) is 2.38. The molecule has 128 valence electrons. The van der Waals surface area contributed by atoms with Crippen LogP contribution in [0.15, 0.2) is 12.4 Å². The highest BCUT2D eigenvalue weighted by atomic mass is 16.2. The highest BCUT2D eigenvalue weighted by molar-refractivity contribution is 5.76. The molecule has 3 heterocycles. The van der Waals surface area contributed by atoms with E-state index >= 15 is 0 Å². The third-order valence-corrected chi connectivity index (χ3v) is 5.54. The lowest BCUT2D eigenvalue weighted by Gasteiger charge is -2.35. The number of hydrogen-bond donors (Lipinski definition) is 1. The topological polar surface area (TPSA) is 50.2 Å². The van der Waals surface area contributed by atoms with E-state index in [-0.39, 0.29) is 0 Å². The lowest BCUT2D eigenvalue weighted by molar-refractivity contribution is -0.134. The lowest BCUT2D eigenvalue weighted by Crippen LogP contribution is -2.42. The Bertz CT molecular complexity index is 521. The number of carbonyl (C=O) groups is 1. The first-order valence-corrected chi connectivity index (χ1v) is 9.12. The van der Waals surface area contributed by atoms with Gasteiger partial charge in [-0.05, 0) is 63.1 Å². The summed E-state index contributed by atoms with van der Waals surface area (Å²) in [6.45, 7) is 8.26. The lowest BCUT2D eigenvalue weighted by atomic mass is 9.84. The van der Waals surface area contributed by atoms with Crippen molar-refractivity contribution in [1.29, 1.82) is 0 Å². The van der Waals surface area contributed by atoms with Crippen LogP contribution in [-0.4, -0.2) is 46.8 Å². The number of nitrogens with zero attached hydrogens (tertiary/aromatic N) is 3. The zero-order chi connectivity index (χ0) is 16.2. The Balaban J connectivity index is 1.54.